The predicted molar refractivity (Wildman–Crippen MR) is 104 cm³/mol. The second kappa shape index (κ2) is 11.1. The van der Waals surface area contributed by atoms with Gasteiger partial charge in [-0.15, -0.1) is 10.2 Å². The zero-order valence-corrected chi connectivity index (χ0v) is 16.4. The fraction of sp³-hybridized carbons (Fsp3) is 0.842. The minimum absolute atomic E-state index is 0.682. The standard InChI is InChI=1S/C19H36N6/c1-16(2)11-7-4-5-9-13-21-19(20-3)22-15-18-24-23-17-12-8-6-10-14-25(17)18/h16H,4-15H2,1-3H3,(H2,20,21,22). The lowest BCUT2D eigenvalue weighted by Crippen LogP contribution is -2.37. The number of aliphatic imine (C=N–C) groups is 1. The molecule has 0 saturated carbocycles. The molecule has 2 heterocycles. The highest BCUT2D eigenvalue weighted by Crippen LogP contribution is 2.14. The Bertz CT molecular complexity index is 520. The van der Waals surface area contributed by atoms with E-state index in [9.17, 15) is 0 Å². The number of unbranched alkanes of at least 4 members (excludes halogenated alkanes) is 3. The molecule has 6 nitrogen and oxygen atoms in total. The van der Waals surface area contributed by atoms with E-state index >= 15 is 0 Å². The lowest BCUT2D eigenvalue weighted by molar-refractivity contribution is 0.518. The van der Waals surface area contributed by atoms with Gasteiger partial charge in [0.25, 0.3) is 0 Å². The topological polar surface area (TPSA) is 67.1 Å². The lowest BCUT2D eigenvalue weighted by atomic mass is 10.0. The molecule has 1 aliphatic heterocycles. The van der Waals surface area contributed by atoms with Gasteiger partial charge in [-0.05, 0) is 25.2 Å². The Morgan fingerprint density at radius 1 is 1.08 bits per heavy atom. The van der Waals surface area contributed by atoms with E-state index in [-0.39, 0.29) is 0 Å². The first-order valence-electron chi connectivity index (χ1n) is 10.1. The summed E-state index contributed by atoms with van der Waals surface area (Å²) in [6, 6.07) is 0. The highest BCUT2D eigenvalue weighted by molar-refractivity contribution is 5.79. The van der Waals surface area contributed by atoms with E-state index in [0.29, 0.717) is 6.54 Å². The molecule has 6 heteroatoms. The Kier molecular flexibility index (Phi) is 8.77. The number of aromatic nitrogens is 3. The Hall–Kier alpha value is -1.59. The van der Waals surface area contributed by atoms with Gasteiger partial charge >= 0.3 is 0 Å². The molecule has 0 unspecified atom stereocenters. The number of nitrogens with one attached hydrogen (secondary N) is 2. The van der Waals surface area contributed by atoms with Crippen molar-refractivity contribution in [1.29, 1.82) is 0 Å². The van der Waals surface area contributed by atoms with Crippen molar-refractivity contribution in [3.05, 3.63) is 11.6 Å². The summed E-state index contributed by atoms with van der Waals surface area (Å²) in [5, 5.41) is 15.5. The number of hydrogen-bond acceptors (Lipinski definition) is 3. The van der Waals surface area contributed by atoms with E-state index in [1.807, 2.05) is 7.05 Å². The highest BCUT2D eigenvalue weighted by atomic mass is 15.3. The van der Waals surface area contributed by atoms with E-state index in [1.54, 1.807) is 0 Å². The van der Waals surface area contributed by atoms with E-state index in [0.717, 1.165) is 43.0 Å². The maximum absolute atomic E-state index is 4.36. The van der Waals surface area contributed by atoms with Crippen molar-refractivity contribution in [2.75, 3.05) is 13.6 Å². The highest BCUT2D eigenvalue weighted by Gasteiger charge is 2.14. The molecule has 25 heavy (non-hydrogen) atoms. The second-order valence-corrected chi connectivity index (χ2v) is 7.44. The SMILES string of the molecule is CN=C(NCCCCCCC(C)C)NCc1nnc2n1CCCCC2. The first-order valence-corrected chi connectivity index (χ1v) is 10.1. The van der Waals surface area contributed by atoms with Crippen LogP contribution in [0, 0.1) is 5.92 Å². The Morgan fingerprint density at radius 2 is 1.92 bits per heavy atom. The van der Waals surface area contributed by atoms with Gasteiger partial charge in [-0.3, -0.25) is 4.99 Å². The largest absolute Gasteiger partial charge is 0.356 e. The molecule has 0 bridgehead atoms. The molecule has 0 aromatic carbocycles. The summed E-state index contributed by atoms with van der Waals surface area (Å²) in [7, 11) is 1.82. The van der Waals surface area contributed by atoms with Crippen molar-refractivity contribution in [3.8, 4) is 0 Å². The number of fused-ring (bicyclic) bond motifs is 1. The molecule has 0 aliphatic carbocycles. The van der Waals surface area contributed by atoms with Gasteiger partial charge in [0, 0.05) is 26.6 Å². The summed E-state index contributed by atoms with van der Waals surface area (Å²) in [6.07, 6.45) is 11.3. The summed E-state index contributed by atoms with van der Waals surface area (Å²) in [5.74, 6) is 3.84. The van der Waals surface area contributed by atoms with Gasteiger partial charge in [0.15, 0.2) is 11.8 Å². The average Bonchev–Trinajstić information content (AvgIpc) is 2.83. The maximum Gasteiger partial charge on any atom is 0.191 e. The number of rotatable bonds is 9. The lowest BCUT2D eigenvalue weighted by Gasteiger charge is -2.12. The zero-order chi connectivity index (χ0) is 17.9. The van der Waals surface area contributed by atoms with Crippen LogP contribution in [0.15, 0.2) is 4.99 Å². The molecule has 0 amide bonds. The minimum atomic E-state index is 0.682. The normalized spacial score (nSPS) is 15.1. The molecule has 0 fully saturated rings. The molecule has 2 rings (SSSR count). The number of guanidine groups is 1. The quantitative estimate of drug-likeness (QED) is 0.408. The molecule has 0 saturated heterocycles. The van der Waals surface area contributed by atoms with E-state index in [1.165, 1.54) is 51.4 Å². The molecular formula is C19H36N6. The third-order valence-electron chi connectivity index (χ3n) is 4.82. The Labute approximate surface area is 152 Å². The Morgan fingerprint density at radius 3 is 2.72 bits per heavy atom. The van der Waals surface area contributed by atoms with Gasteiger partial charge in [-0.2, -0.15) is 0 Å². The van der Waals surface area contributed by atoms with Crippen LogP contribution in [-0.4, -0.2) is 34.3 Å². The molecule has 1 aliphatic rings. The van der Waals surface area contributed by atoms with Crippen molar-refractivity contribution in [2.24, 2.45) is 10.9 Å². The fourth-order valence-corrected chi connectivity index (χ4v) is 3.30. The van der Waals surface area contributed by atoms with E-state index in [2.05, 4.69) is 44.2 Å². The van der Waals surface area contributed by atoms with Gasteiger partial charge in [0.2, 0.25) is 0 Å². The third-order valence-corrected chi connectivity index (χ3v) is 4.82. The predicted octanol–water partition coefficient (Wildman–Crippen LogP) is 3.28. The Balaban J connectivity index is 1.65. The van der Waals surface area contributed by atoms with Crippen LogP contribution in [0.25, 0.3) is 0 Å². The van der Waals surface area contributed by atoms with Gasteiger partial charge in [0.05, 0.1) is 6.54 Å². The molecule has 1 aromatic rings. The summed E-state index contributed by atoms with van der Waals surface area (Å²) in [6.45, 7) is 7.29. The number of aryl methyl sites for hydroxylation is 1. The molecule has 142 valence electrons. The molecule has 2 N–H and O–H groups in total. The maximum atomic E-state index is 4.36. The first kappa shape index (κ1) is 19.7. The number of nitrogens with zero attached hydrogens (tertiary/aromatic N) is 4. The van der Waals surface area contributed by atoms with Crippen LogP contribution >= 0.6 is 0 Å². The van der Waals surface area contributed by atoms with Crippen molar-refractivity contribution in [2.45, 2.75) is 84.7 Å². The third kappa shape index (κ3) is 7.04. The molecule has 0 atom stereocenters. The van der Waals surface area contributed by atoms with Gasteiger partial charge in [0.1, 0.15) is 5.82 Å². The van der Waals surface area contributed by atoms with Crippen LogP contribution in [0.4, 0.5) is 0 Å². The van der Waals surface area contributed by atoms with E-state index in [4.69, 9.17) is 0 Å². The van der Waals surface area contributed by atoms with Crippen LogP contribution in [-0.2, 0) is 19.5 Å². The molecule has 0 spiro atoms. The summed E-state index contributed by atoms with van der Waals surface area (Å²) in [4.78, 5) is 4.31. The first-order chi connectivity index (χ1) is 12.2. The smallest absolute Gasteiger partial charge is 0.191 e. The fourth-order valence-electron chi connectivity index (χ4n) is 3.30. The van der Waals surface area contributed by atoms with E-state index < -0.39 is 0 Å². The van der Waals surface area contributed by atoms with Gasteiger partial charge < -0.3 is 15.2 Å². The van der Waals surface area contributed by atoms with Gasteiger partial charge in [-0.25, -0.2) is 0 Å². The van der Waals surface area contributed by atoms with Crippen LogP contribution < -0.4 is 10.6 Å². The van der Waals surface area contributed by atoms with Crippen molar-refractivity contribution >= 4 is 5.96 Å². The van der Waals surface area contributed by atoms with Crippen molar-refractivity contribution in [1.82, 2.24) is 25.4 Å². The summed E-state index contributed by atoms with van der Waals surface area (Å²) >= 11 is 0. The van der Waals surface area contributed by atoms with Crippen LogP contribution in [0.1, 0.15) is 76.9 Å². The molecule has 0 radical (unpaired) electrons. The van der Waals surface area contributed by atoms with Crippen LogP contribution in [0.2, 0.25) is 0 Å². The van der Waals surface area contributed by atoms with Gasteiger partial charge in [-0.1, -0.05) is 46.0 Å². The zero-order valence-electron chi connectivity index (χ0n) is 16.4. The summed E-state index contributed by atoms with van der Waals surface area (Å²) in [5.41, 5.74) is 0. The molecule has 1 aromatic heterocycles. The van der Waals surface area contributed by atoms with Crippen LogP contribution in [0.3, 0.4) is 0 Å². The average molecular weight is 349 g/mol. The van der Waals surface area contributed by atoms with Crippen molar-refractivity contribution in [3.63, 3.8) is 0 Å². The number of hydrogen-bond donors (Lipinski definition) is 2. The van der Waals surface area contributed by atoms with Crippen LogP contribution in [0.5, 0.6) is 0 Å². The molecular weight excluding hydrogens is 312 g/mol. The summed E-state index contributed by atoms with van der Waals surface area (Å²) < 4.78 is 2.28. The second-order valence-electron chi connectivity index (χ2n) is 7.44. The minimum Gasteiger partial charge on any atom is -0.356 e. The van der Waals surface area contributed by atoms with Crippen molar-refractivity contribution < 1.29 is 0 Å². The monoisotopic (exact) mass is 348 g/mol.